The average Bonchev–Trinajstić information content (AvgIpc) is 3.29. The number of para-hydroxylation sites is 1. The van der Waals surface area contributed by atoms with Crippen LogP contribution in [0.1, 0.15) is 12.8 Å². The number of hydrogen-bond donors (Lipinski definition) is 3. The molecule has 3 N–H and O–H groups in total. The van der Waals surface area contributed by atoms with Crippen molar-refractivity contribution in [2.24, 2.45) is 0 Å². The number of fused-ring (bicyclic) bond motifs is 4. The van der Waals surface area contributed by atoms with Crippen molar-refractivity contribution in [3.8, 4) is 0 Å². The quantitative estimate of drug-likeness (QED) is 0.513. The highest BCUT2D eigenvalue weighted by Gasteiger charge is 2.38. The summed E-state index contributed by atoms with van der Waals surface area (Å²) in [7, 11) is 0. The van der Waals surface area contributed by atoms with Crippen molar-refractivity contribution in [2.75, 3.05) is 23.3 Å². The Morgan fingerprint density at radius 1 is 1.00 bits per heavy atom. The van der Waals surface area contributed by atoms with E-state index in [2.05, 4.69) is 43.9 Å². The smallest absolute Gasteiger partial charge is 0.228 e. The van der Waals surface area contributed by atoms with Gasteiger partial charge < -0.3 is 15.5 Å². The minimum absolute atomic E-state index is 0.482. The van der Waals surface area contributed by atoms with Crippen molar-refractivity contribution >= 4 is 39.3 Å². The number of anilines is 3. The predicted molar refractivity (Wildman–Crippen MR) is 111 cm³/mol. The minimum atomic E-state index is 0.482. The van der Waals surface area contributed by atoms with E-state index >= 15 is 0 Å². The van der Waals surface area contributed by atoms with E-state index in [1.165, 1.54) is 12.8 Å². The molecular weight excluding hydrogens is 350 g/mol. The third kappa shape index (κ3) is 2.51. The molecule has 0 amide bonds. The van der Waals surface area contributed by atoms with Gasteiger partial charge in [0.2, 0.25) is 5.95 Å². The summed E-state index contributed by atoms with van der Waals surface area (Å²) < 4.78 is 0. The second-order valence-corrected chi connectivity index (χ2v) is 7.64. The third-order valence-corrected chi connectivity index (χ3v) is 5.91. The van der Waals surface area contributed by atoms with Gasteiger partial charge in [-0.3, -0.25) is 5.10 Å². The summed E-state index contributed by atoms with van der Waals surface area (Å²) in [6, 6.07) is 15.3. The van der Waals surface area contributed by atoms with E-state index in [9.17, 15) is 0 Å². The lowest BCUT2D eigenvalue weighted by Gasteiger charge is -2.35. The molecule has 7 nitrogen and oxygen atoms in total. The first-order valence-corrected chi connectivity index (χ1v) is 9.81. The summed E-state index contributed by atoms with van der Waals surface area (Å²) in [4.78, 5) is 12.3. The van der Waals surface area contributed by atoms with Gasteiger partial charge in [-0.1, -0.05) is 12.1 Å². The first-order chi connectivity index (χ1) is 13.8. The Bertz CT molecular complexity index is 1150. The van der Waals surface area contributed by atoms with Gasteiger partial charge in [0.05, 0.1) is 17.2 Å². The molecule has 2 aliphatic rings. The van der Waals surface area contributed by atoms with E-state index < -0.39 is 0 Å². The molecule has 2 aromatic heterocycles. The Balaban J connectivity index is 1.45. The van der Waals surface area contributed by atoms with Gasteiger partial charge in [-0.15, -0.1) is 0 Å². The molecule has 0 saturated carbocycles. The number of rotatable bonds is 3. The molecule has 28 heavy (non-hydrogen) atoms. The Morgan fingerprint density at radius 3 is 2.75 bits per heavy atom. The van der Waals surface area contributed by atoms with E-state index in [-0.39, 0.29) is 0 Å². The molecule has 0 radical (unpaired) electrons. The molecule has 0 spiro atoms. The Hall–Kier alpha value is -3.19. The average molecular weight is 371 g/mol. The van der Waals surface area contributed by atoms with E-state index in [0.717, 1.165) is 52.3 Å². The molecular formula is C21H21N7. The summed E-state index contributed by atoms with van der Waals surface area (Å²) >= 11 is 0. The molecule has 4 aromatic rings. The number of H-pyrrole nitrogens is 1. The van der Waals surface area contributed by atoms with Gasteiger partial charge in [0.25, 0.3) is 0 Å². The molecule has 4 heterocycles. The summed E-state index contributed by atoms with van der Waals surface area (Å²) in [5.74, 6) is 1.68. The van der Waals surface area contributed by atoms with Crippen LogP contribution in [0.2, 0.25) is 0 Å². The van der Waals surface area contributed by atoms with Gasteiger partial charge in [-0.25, -0.2) is 4.98 Å². The lowest BCUT2D eigenvalue weighted by molar-refractivity contribution is 0.477. The van der Waals surface area contributed by atoms with Crippen LogP contribution < -0.4 is 15.5 Å². The van der Waals surface area contributed by atoms with Crippen LogP contribution in [0.5, 0.6) is 0 Å². The van der Waals surface area contributed by atoms with Gasteiger partial charge >= 0.3 is 0 Å². The molecule has 2 fully saturated rings. The highest BCUT2D eigenvalue weighted by Crippen LogP contribution is 2.33. The summed E-state index contributed by atoms with van der Waals surface area (Å²) in [6.45, 7) is 2.01. The summed E-state index contributed by atoms with van der Waals surface area (Å²) in [5.41, 5.74) is 2.99. The lowest BCUT2D eigenvalue weighted by Crippen LogP contribution is -2.52. The minimum Gasteiger partial charge on any atom is -0.340 e. The maximum Gasteiger partial charge on any atom is 0.228 e. The van der Waals surface area contributed by atoms with Crippen LogP contribution in [0, 0.1) is 0 Å². The van der Waals surface area contributed by atoms with Crippen molar-refractivity contribution in [3.63, 3.8) is 0 Å². The van der Waals surface area contributed by atoms with E-state index in [0.29, 0.717) is 12.1 Å². The Kier molecular flexibility index (Phi) is 3.49. The molecule has 2 bridgehead atoms. The highest BCUT2D eigenvalue weighted by molar-refractivity contribution is 5.93. The molecule has 7 heteroatoms. The van der Waals surface area contributed by atoms with Gasteiger partial charge in [-0.05, 0) is 43.2 Å². The van der Waals surface area contributed by atoms with Crippen LogP contribution in [0.4, 0.5) is 17.5 Å². The Morgan fingerprint density at radius 2 is 1.86 bits per heavy atom. The molecule has 2 aromatic carbocycles. The fraction of sp³-hybridized carbons (Fsp3) is 0.286. The van der Waals surface area contributed by atoms with Crippen LogP contribution in [0.15, 0.2) is 48.7 Å². The number of aromatic amines is 1. The second kappa shape index (κ2) is 6.17. The number of piperazine rings is 1. The first kappa shape index (κ1) is 15.8. The van der Waals surface area contributed by atoms with Gasteiger partial charge in [0.1, 0.15) is 5.82 Å². The lowest BCUT2D eigenvalue weighted by atomic mass is 10.2. The number of hydrogen-bond acceptors (Lipinski definition) is 6. The van der Waals surface area contributed by atoms with Crippen molar-refractivity contribution < 1.29 is 0 Å². The zero-order chi connectivity index (χ0) is 18.5. The molecule has 0 aliphatic carbocycles. The van der Waals surface area contributed by atoms with Crippen LogP contribution >= 0.6 is 0 Å². The molecule has 2 atom stereocenters. The van der Waals surface area contributed by atoms with Gasteiger partial charge in [-0.2, -0.15) is 10.1 Å². The topological polar surface area (TPSA) is 81.8 Å². The summed E-state index contributed by atoms with van der Waals surface area (Å²) in [6.07, 6.45) is 4.24. The molecule has 2 unspecified atom stereocenters. The van der Waals surface area contributed by atoms with Crippen LogP contribution in [0.25, 0.3) is 21.8 Å². The maximum absolute atomic E-state index is 4.98. The number of aromatic nitrogens is 4. The normalized spacial score (nSPS) is 21.5. The van der Waals surface area contributed by atoms with Crippen LogP contribution in [0.3, 0.4) is 0 Å². The maximum atomic E-state index is 4.98. The van der Waals surface area contributed by atoms with E-state index in [1.807, 2.05) is 30.5 Å². The third-order valence-electron chi connectivity index (χ3n) is 5.91. The fourth-order valence-electron chi connectivity index (χ4n) is 4.54. The van der Waals surface area contributed by atoms with Crippen LogP contribution in [-0.4, -0.2) is 45.3 Å². The second-order valence-electron chi connectivity index (χ2n) is 7.64. The SMILES string of the molecule is c1ccc2c(Nc3ccc4[nH]ncc4c3)nc(N3C4CCC3CNC4)nc2c1. The zero-order valence-corrected chi connectivity index (χ0v) is 15.4. The van der Waals surface area contributed by atoms with Gasteiger partial charge in [0, 0.05) is 41.6 Å². The standard InChI is InChI=1S/C21H21N7/c1-2-4-19-17(3-1)20(24-14-5-8-18-13(9-14)10-23-27-18)26-21(25-19)28-15-6-7-16(28)12-22-11-15/h1-5,8-10,15-16,22H,6-7,11-12H2,(H,23,27)(H,24,25,26). The van der Waals surface area contributed by atoms with Crippen LogP contribution in [-0.2, 0) is 0 Å². The van der Waals surface area contributed by atoms with E-state index in [4.69, 9.17) is 9.97 Å². The number of nitrogens with zero attached hydrogens (tertiary/aromatic N) is 4. The van der Waals surface area contributed by atoms with Gasteiger partial charge in [0.15, 0.2) is 0 Å². The van der Waals surface area contributed by atoms with Crippen molar-refractivity contribution in [1.82, 2.24) is 25.5 Å². The van der Waals surface area contributed by atoms with Crippen molar-refractivity contribution in [1.29, 1.82) is 0 Å². The number of nitrogens with one attached hydrogen (secondary N) is 3. The van der Waals surface area contributed by atoms with Crippen molar-refractivity contribution in [2.45, 2.75) is 24.9 Å². The predicted octanol–water partition coefficient (Wildman–Crippen LogP) is 3.19. The molecule has 6 rings (SSSR count). The monoisotopic (exact) mass is 371 g/mol. The summed E-state index contributed by atoms with van der Waals surface area (Å²) in [5, 5.41) is 16.3. The van der Waals surface area contributed by atoms with Crippen molar-refractivity contribution in [3.05, 3.63) is 48.7 Å². The fourth-order valence-corrected chi connectivity index (χ4v) is 4.54. The zero-order valence-electron chi connectivity index (χ0n) is 15.4. The molecule has 140 valence electrons. The Labute approximate surface area is 162 Å². The molecule has 2 aliphatic heterocycles. The number of benzene rings is 2. The first-order valence-electron chi connectivity index (χ1n) is 9.81. The van der Waals surface area contributed by atoms with E-state index in [1.54, 1.807) is 0 Å². The molecule has 2 saturated heterocycles. The highest BCUT2D eigenvalue weighted by atomic mass is 15.4. The largest absolute Gasteiger partial charge is 0.340 e.